The Labute approximate surface area is 601 Å². The average Bonchev–Trinajstić information content (AvgIpc) is 0.810. The van der Waals surface area contributed by atoms with Crippen molar-refractivity contribution in [3.8, 4) is 0 Å². The van der Waals surface area contributed by atoms with E-state index in [0.717, 1.165) is 20.9 Å². The number of amides is 11. The minimum atomic E-state index is -1.72. The third kappa shape index (κ3) is 26.5. The molecule has 7 N–H and O–H groups in total. The third-order valence-corrected chi connectivity index (χ3v) is 18.7. The molecule has 101 heavy (non-hydrogen) atoms. The van der Waals surface area contributed by atoms with Gasteiger partial charge in [0.15, 0.2) is 0 Å². The van der Waals surface area contributed by atoms with Crippen molar-refractivity contribution in [3.05, 3.63) is 35.9 Å². The number of Topliss-reactive ketones (excluding diaryl/α,β-unsaturated/α-hetero) is 2. The van der Waals surface area contributed by atoms with Crippen LogP contribution in [0.4, 0.5) is 5.69 Å². The molecule has 27 heteroatoms. The third-order valence-electron chi connectivity index (χ3n) is 18.7. The van der Waals surface area contributed by atoms with Crippen LogP contribution in [0.5, 0.6) is 0 Å². The summed E-state index contributed by atoms with van der Waals surface area (Å²) in [7, 11) is 9.84. The van der Waals surface area contributed by atoms with Crippen LogP contribution in [-0.4, -0.2) is 245 Å². The number of aliphatic hydroxyl groups excluding tert-OH is 1. The largest absolute Gasteiger partial charge is 0.390 e. The number of likely N-dealkylation sites (N-methyl/N-ethyl adjacent to an activating group) is 7. The second-order valence-electron chi connectivity index (χ2n) is 30.2. The lowest BCUT2D eigenvalue weighted by molar-refractivity contribution is -0.157. The smallest absolute Gasteiger partial charge is 0.246 e. The first kappa shape index (κ1) is 89.3. The number of anilines is 1. The van der Waals surface area contributed by atoms with Gasteiger partial charge in [-0.1, -0.05) is 115 Å². The normalized spacial score (nSPS) is 24.5. The van der Waals surface area contributed by atoms with Gasteiger partial charge in [0, 0.05) is 67.9 Å². The Hall–Kier alpha value is -7.81. The minimum Gasteiger partial charge on any atom is -0.390 e. The summed E-state index contributed by atoms with van der Waals surface area (Å²) in [6.07, 6.45) is 1.20. The molecule has 27 nitrogen and oxygen atoms in total. The van der Waals surface area contributed by atoms with E-state index in [0.29, 0.717) is 5.69 Å². The van der Waals surface area contributed by atoms with Crippen LogP contribution in [0.1, 0.15) is 182 Å². The summed E-state index contributed by atoms with van der Waals surface area (Å²) in [5, 5.41) is 23.6. The van der Waals surface area contributed by atoms with Gasteiger partial charge < -0.3 is 70.9 Å². The second-order valence-corrected chi connectivity index (χ2v) is 30.2. The van der Waals surface area contributed by atoms with E-state index in [-0.39, 0.29) is 93.1 Å². The Balaban J connectivity index is 2.97. The van der Waals surface area contributed by atoms with E-state index in [1.807, 2.05) is 80.5 Å². The van der Waals surface area contributed by atoms with Crippen molar-refractivity contribution in [1.29, 1.82) is 0 Å². The van der Waals surface area contributed by atoms with Crippen LogP contribution in [0.25, 0.3) is 5.57 Å². The molecule has 1 aliphatic heterocycles. The standard InChI is InChI=1S/C74H125N13O14/c1-26-55-70(97)81(19)40-60(90)82(20)56(35-41(2)3)67(94)79-61(45(10)11)73(100)83(21)57(36-42(4)5)66(93)76-50(17)65(92)77-51(18)69(96)84(22)58(37-43(6)7)71(98)85(23)59(38-44(8)9)72(99)86(24)62(46(12)13)74(101)87(25)63(68(95)78-55)64(91)48(15)28-27-47(14)52-30-32-53(33-31-52)80-75-39-54(89)34-29-49(16)88/h27,30-33,41-46,48,50-51,55-59,61-64,75,80,91H,26,28-29,34-40H2,1-25H3,(H,76,93)(H,77,92)(H,78,95)(H,79,94)/b47-27-/t48-,50+,51+,55+,56+,57+,58+,59+,61+,62+,63?,64-/m0/s1. The minimum absolute atomic E-state index is 0.00813. The lowest BCUT2D eigenvalue weighted by atomic mass is 9.90. The number of carbonyl (C=O) groups is 13. The topological polar surface area (TPSA) is 337 Å². The number of carbonyl (C=O) groups excluding carboxylic acids is 13. The van der Waals surface area contributed by atoms with E-state index in [2.05, 4.69) is 32.1 Å². The van der Waals surface area contributed by atoms with Crippen molar-refractivity contribution in [2.45, 2.75) is 243 Å². The highest BCUT2D eigenvalue weighted by Crippen LogP contribution is 2.27. The molecule has 1 fully saturated rings. The molecule has 570 valence electrons. The molecule has 1 aliphatic rings. The summed E-state index contributed by atoms with van der Waals surface area (Å²) < 4.78 is 0. The predicted octanol–water partition coefficient (Wildman–Crippen LogP) is 4.65. The van der Waals surface area contributed by atoms with Crippen LogP contribution >= 0.6 is 0 Å². The predicted molar refractivity (Wildman–Crippen MR) is 390 cm³/mol. The molecule has 1 aromatic carbocycles. The average molecular weight is 1420 g/mol. The highest BCUT2D eigenvalue weighted by atomic mass is 16.3. The molecule has 0 saturated carbocycles. The Bertz CT molecular complexity index is 3040. The zero-order valence-corrected chi connectivity index (χ0v) is 65.2. The van der Waals surface area contributed by atoms with Crippen LogP contribution in [0, 0.1) is 41.4 Å². The van der Waals surface area contributed by atoms with E-state index < -0.39 is 156 Å². The summed E-state index contributed by atoms with van der Waals surface area (Å²) in [5.41, 5.74) is 8.12. The molecule has 0 bridgehead atoms. The number of aliphatic hydroxyl groups is 1. The van der Waals surface area contributed by atoms with Gasteiger partial charge in [0.05, 0.1) is 19.2 Å². The second kappa shape index (κ2) is 41.3. The number of hydrazine groups is 1. The van der Waals surface area contributed by atoms with E-state index in [9.17, 15) is 48.3 Å². The molecule has 0 spiro atoms. The number of rotatable bonds is 23. The van der Waals surface area contributed by atoms with Gasteiger partial charge in [0.2, 0.25) is 65.0 Å². The van der Waals surface area contributed by atoms with Gasteiger partial charge in [-0.15, -0.1) is 0 Å². The van der Waals surface area contributed by atoms with Crippen molar-refractivity contribution < 1.29 is 67.4 Å². The maximum Gasteiger partial charge on any atom is 0.246 e. The molecule has 1 unspecified atom stereocenters. The van der Waals surface area contributed by atoms with Gasteiger partial charge in [0.25, 0.3) is 0 Å². The summed E-state index contributed by atoms with van der Waals surface area (Å²) in [6.45, 7) is 30.6. The molecule has 1 saturated heterocycles. The first-order chi connectivity index (χ1) is 46.8. The molecule has 0 aliphatic carbocycles. The van der Waals surface area contributed by atoms with Gasteiger partial charge in [-0.3, -0.25) is 57.5 Å². The van der Waals surface area contributed by atoms with E-state index >= 15 is 19.2 Å². The van der Waals surface area contributed by atoms with E-state index in [4.69, 9.17) is 0 Å². The zero-order valence-electron chi connectivity index (χ0n) is 65.2. The van der Waals surface area contributed by atoms with Gasteiger partial charge in [0.1, 0.15) is 72.0 Å². The number of ketones is 2. The summed E-state index contributed by atoms with van der Waals surface area (Å²) in [4.78, 5) is 194. The fourth-order valence-corrected chi connectivity index (χ4v) is 12.3. The lowest BCUT2D eigenvalue weighted by Gasteiger charge is -2.41. The molecule has 2 rings (SSSR count). The number of hydrogen-bond donors (Lipinski definition) is 7. The summed E-state index contributed by atoms with van der Waals surface area (Å²) in [6, 6.07) is -5.50. The Morgan fingerprint density at radius 3 is 1.46 bits per heavy atom. The van der Waals surface area contributed by atoms with Gasteiger partial charge >= 0.3 is 0 Å². The Morgan fingerprint density at radius 2 is 0.970 bits per heavy atom. The molecule has 0 radical (unpaired) electrons. The summed E-state index contributed by atoms with van der Waals surface area (Å²) >= 11 is 0. The highest BCUT2D eigenvalue weighted by molar-refractivity contribution is 6.00. The van der Waals surface area contributed by atoms with E-state index in [1.54, 1.807) is 53.7 Å². The van der Waals surface area contributed by atoms with Crippen molar-refractivity contribution in [1.82, 2.24) is 61.0 Å². The maximum atomic E-state index is 15.5. The number of benzene rings is 1. The monoisotopic (exact) mass is 1420 g/mol. The van der Waals surface area contributed by atoms with Crippen LogP contribution < -0.4 is 32.1 Å². The molecule has 11 amide bonds. The maximum absolute atomic E-state index is 15.5. The van der Waals surface area contributed by atoms with Gasteiger partial charge in [-0.05, 0) is 131 Å². The lowest BCUT2D eigenvalue weighted by Crippen LogP contribution is -2.63. The van der Waals surface area contributed by atoms with Crippen LogP contribution in [0.2, 0.25) is 0 Å². The fourth-order valence-electron chi connectivity index (χ4n) is 12.3. The quantitative estimate of drug-likeness (QED) is 0.0733. The van der Waals surface area contributed by atoms with E-state index in [1.165, 1.54) is 94.6 Å². The molecule has 1 heterocycles. The van der Waals surface area contributed by atoms with Gasteiger partial charge in [-0.25, -0.2) is 5.43 Å². The highest BCUT2D eigenvalue weighted by Gasteiger charge is 2.46. The van der Waals surface area contributed by atoms with Crippen molar-refractivity contribution in [2.75, 3.05) is 67.8 Å². The van der Waals surface area contributed by atoms with Crippen molar-refractivity contribution in [3.63, 3.8) is 0 Å². The molecular weight excluding hydrogens is 1290 g/mol. The Morgan fingerprint density at radius 1 is 0.515 bits per heavy atom. The number of nitrogens with one attached hydrogen (secondary N) is 6. The van der Waals surface area contributed by atoms with Crippen molar-refractivity contribution in [2.24, 2.45) is 41.4 Å². The Kier molecular flexibility index (Phi) is 36.5. The zero-order chi connectivity index (χ0) is 77.5. The van der Waals surface area contributed by atoms with Crippen molar-refractivity contribution >= 4 is 87.8 Å². The number of hydrogen-bond acceptors (Lipinski definition) is 16. The molecule has 0 aromatic heterocycles. The SMILES string of the molecule is CC[C@H]1NC(=O)C([C@@H](O)[C@@H](C)C/C=C(/C)c2ccc(NNCC(=O)CCC(C)=O)cc2)N(C)C(=O)[C@@H](C(C)C)N(C)C(=O)[C@@H](CC(C)C)N(C)C(=O)[C@@H](CC(C)C)N(C)C(=O)[C@@H](C)NC(=O)[C@@H](C)NC(=O)[C@@H](CC(C)C)N(C)C(=O)[C@@H](C(C)C)NC(=O)[C@@H](CC(C)C)N(C)C(=O)CN(C)C1=O. The summed E-state index contributed by atoms with van der Waals surface area (Å²) in [5.74, 6) is -10.6. The molecule has 12 atom stereocenters. The van der Waals surface area contributed by atoms with Gasteiger partial charge in [-0.2, -0.15) is 0 Å². The fraction of sp³-hybridized carbons (Fsp3) is 0.716. The number of nitrogens with zero attached hydrogens (tertiary/aromatic N) is 7. The van der Waals surface area contributed by atoms with Crippen LogP contribution in [0.15, 0.2) is 30.3 Å². The molecule has 1 aromatic rings. The number of allylic oxidation sites excluding steroid dienone is 2. The first-order valence-electron chi connectivity index (χ1n) is 35.8. The van der Waals surface area contributed by atoms with Crippen LogP contribution in [-0.2, 0) is 62.3 Å². The molecular formula is C74H125N13O14. The van der Waals surface area contributed by atoms with Crippen LogP contribution in [0.3, 0.4) is 0 Å². The first-order valence-corrected chi connectivity index (χ1v) is 35.8.